The Morgan fingerprint density at radius 2 is 0.690 bits per heavy atom. The predicted molar refractivity (Wildman–Crippen MR) is 252 cm³/mol. The monoisotopic (exact) mass is 776 g/mol. The van der Waals surface area contributed by atoms with Crippen molar-refractivity contribution in [1.82, 2.24) is 0 Å². The van der Waals surface area contributed by atoms with Crippen LogP contribution in [-0.2, 0) is 0 Å². The van der Waals surface area contributed by atoms with Crippen LogP contribution in [0.1, 0.15) is 99.5 Å². The summed E-state index contributed by atoms with van der Waals surface area (Å²) < 4.78 is 0. The number of nitrogens with two attached hydrogens (primary N) is 1. The van der Waals surface area contributed by atoms with Gasteiger partial charge >= 0.3 is 0 Å². The summed E-state index contributed by atoms with van der Waals surface area (Å²) in [4.78, 5) is 22.6. The number of carbonyl (C=O) groups is 1. The molecule has 6 heteroatoms. The molecule has 0 heterocycles. The van der Waals surface area contributed by atoms with Gasteiger partial charge in [-0.15, -0.1) is 0 Å². The van der Waals surface area contributed by atoms with Gasteiger partial charge in [0.25, 0.3) is 0 Å². The first kappa shape index (κ1) is 43.4. The molecule has 304 valence electrons. The van der Waals surface area contributed by atoms with Crippen LogP contribution in [0.3, 0.4) is 0 Å². The van der Waals surface area contributed by atoms with Crippen LogP contribution >= 0.6 is 0 Å². The summed E-state index contributed by atoms with van der Waals surface area (Å²) in [5.74, 6) is -0.756. The Bertz CT molecular complexity index is 1840. The normalized spacial score (nSPS) is 10.9. The molecule has 0 aliphatic heterocycles. The highest BCUT2D eigenvalue weighted by molar-refractivity contribution is 5.95. The van der Waals surface area contributed by atoms with E-state index in [9.17, 15) is 4.79 Å². The second kappa shape index (κ2) is 21.1. The van der Waals surface area contributed by atoms with Crippen LogP contribution in [0.15, 0.2) is 133 Å². The van der Waals surface area contributed by atoms with Crippen LogP contribution in [0.5, 0.6) is 0 Å². The van der Waals surface area contributed by atoms with Crippen molar-refractivity contribution in [3.05, 3.63) is 167 Å². The average Bonchev–Trinajstić information content (AvgIpc) is 3.27. The lowest BCUT2D eigenvalue weighted by atomic mass is 9.84. The van der Waals surface area contributed by atoms with Crippen LogP contribution in [0, 0.1) is 0 Å². The molecule has 1 amide bonds. The molecule has 5 aromatic carbocycles. The third kappa shape index (κ3) is 10.2. The van der Waals surface area contributed by atoms with Crippen LogP contribution < -0.4 is 25.3 Å². The zero-order valence-corrected chi connectivity index (χ0v) is 36.2. The van der Waals surface area contributed by atoms with Gasteiger partial charge in [-0.25, -0.2) is 0 Å². The molecule has 0 aromatic heterocycles. The van der Waals surface area contributed by atoms with E-state index in [2.05, 4.69) is 184 Å². The molecule has 0 unspecified atom stereocenters. The fourth-order valence-electron chi connectivity index (χ4n) is 8.08. The summed E-state index contributed by atoms with van der Waals surface area (Å²) in [6.07, 6.45) is 4.66. The lowest BCUT2D eigenvalue weighted by Crippen LogP contribution is -2.21. The highest BCUT2D eigenvalue weighted by atomic mass is 16.1. The number of primary amides is 1. The highest BCUT2D eigenvalue weighted by Gasteiger charge is 2.20. The van der Waals surface area contributed by atoms with Gasteiger partial charge in [0.2, 0.25) is 5.91 Å². The van der Waals surface area contributed by atoms with Gasteiger partial charge in [-0.2, -0.15) is 0 Å². The minimum Gasteiger partial charge on any atom is -0.372 e. The van der Waals surface area contributed by atoms with Gasteiger partial charge in [0.1, 0.15) is 0 Å². The Kier molecular flexibility index (Phi) is 15.8. The number of amides is 1. The molecular formula is C52H65N5O. The van der Waals surface area contributed by atoms with Gasteiger partial charge in [0.15, 0.2) is 0 Å². The van der Waals surface area contributed by atoms with E-state index in [-0.39, 0.29) is 5.92 Å². The number of hydrogen-bond donors (Lipinski definition) is 1. The van der Waals surface area contributed by atoms with Gasteiger partial charge in [0.05, 0.1) is 0 Å². The Balaban J connectivity index is 1.80. The number of benzene rings is 5. The summed E-state index contributed by atoms with van der Waals surface area (Å²) >= 11 is 0. The maximum atomic E-state index is 13.2. The number of carbonyl (C=O) groups excluding carboxylic acids is 1. The predicted octanol–water partition coefficient (Wildman–Crippen LogP) is 11.5. The quantitative estimate of drug-likeness (QED) is 0.0853. The van der Waals surface area contributed by atoms with Crippen molar-refractivity contribution in [3.8, 4) is 0 Å². The Labute approximate surface area is 349 Å². The van der Waals surface area contributed by atoms with E-state index in [1.807, 2.05) is 24.3 Å². The van der Waals surface area contributed by atoms with E-state index >= 15 is 0 Å². The van der Waals surface area contributed by atoms with Crippen LogP contribution in [0.25, 0.3) is 11.1 Å². The van der Waals surface area contributed by atoms with E-state index in [1.54, 1.807) is 0 Å². The molecule has 0 fully saturated rings. The van der Waals surface area contributed by atoms with Crippen molar-refractivity contribution < 1.29 is 4.79 Å². The van der Waals surface area contributed by atoms with Crippen molar-refractivity contribution in [2.24, 2.45) is 5.73 Å². The smallest absolute Gasteiger partial charge is 0.249 e. The minimum atomic E-state index is -0.440. The number of nitrogens with zero attached hydrogens (tertiary/aromatic N) is 4. The molecule has 0 saturated carbocycles. The molecule has 0 aliphatic carbocycles. The van der Waals surface area contributed by atoms with Crippen LogP contribution in [-0.4, -0.2) is 58.3 Å². The number of anilines is 4. The molecule has 5 aromatic rings. The molecule has 0 saturated heterocycles. The van der Waals surface area contributed by atoms with Gasteiger partial charge in [0, 0.05) is 86.6 Å². The third-order valence-electron chi connectivity index (χ3n) is 11.5. The Morgan fingerprint density at radius 1 is 0.431 bits per heavy atom. The lowest BCUT2D eigenvalue weighted by Gasteiger charge is -2.24. The standard InChI is InChI=1S/C52H65N5O/c1-9-54(10-2)44-29-21-39(22-30-44)50(40-23-31-45(32-24-40)55(11-3)12-4)37-43(48-19-17-18-20-49(48)52(53)58)38-51(41-25-33-46(34-26-41)56(13-5)14-6)42-27-35-47(36-28-42)57(15-7)16-8/h17-38,43H,9-16H2,1-8H3,(H2,53,58). The second-order valence-electron chi connectivity index (χ2n) is 14.5. The Hall–Kier alpha value is -5.75. The van der Waals surface area contributed by atoms with E-state index < -0.39 is 5.91 Å². The topological polar surface area (TPSA) is 56.1 Å². The SMILES string of the molecule is CCN(CC)c1ccc(C(=CC(C=C(c2ccc(N(CC)CC)cc2)c2ccc(N(CC)CC)cc2)c2ccccc2C(N)=O)c2ccc(N(CC)CC)cc2)cc1. The molecule has 0 aliphatic rings. The molecule has 5 rings (SSSR count). The summed E-state index contributed by atoms with van der Waals surface area (Å²) in [6, 6.07) is 43.5. The van der Waals surface area contributed by atoms with Crippen LogP contribution in [0.4, 0.5) is 22.7 Å². The summed E-state index contributed by atoms with van der Waals surface area (Å²) in [5.41, 5.74) is 18.9. The molecule has 0 atom stereocenters. The largest absolute Gasteiger partial charge is 0.372 e. The minimum absolute atomic E-state index is 0.316. The van der Waals surface area contributed by atoms with E-state index in [1.165, 1.54) is 22.7 Å². The highest BCUT2D eigenvalue weighted by Crippen LogP contribution is 2.37. The van der Waals surface area contributed by atoms with E-state index in [0.717, 1.165) is 91.3 Å². The molecule has 2 N–H and O–H groups in total. The van der Waals surface area contributed by atoms with Gasteiger partial charge in [-0.1, -0.05) is 78.9 Å². The molecular weight excluding hydrogens is 711 g/mol. The molecule has 0 radical (unpaired) electrons. The fraction of sp³-hybridized carbons (Fsp3) is 0.327. The molecule has 0 bridgehead atoms. The van der Waals surface area contributed by atoms with Gasteiger partial charge in [-0.3, -0.25) is 4.79 Å². The second-order valence-corrected chi connectivity index (χ2v) is 14.5. The fourth-order valence-corrected chi connectivity index (χ4v) is 8.08. The van der Waals surface area contributed by atoms with Crippen molar-refractivity contribution in [2.75, 3.05) is 72.0 Å². The van der Waals surface area contributed by atoms with Crippen molar-refractivity contribution in [2.45, 2.75) is 61.3 Å². The zero-order chi connectivity index (χ0) is 41.6. The van der Waals surface area contributed by atoms with Crippen molar-refractivity contribution in [3.63, 3.8) is 0 Å². The average molecular weight is 776 g/mol. The Morgan fingerprint density at radius 3 is 0.931 bits per heavy atom. The summed E-state index contributed by atoms with van der Waals surface area (Å²) in [5, 5.41) is 0. The molecule has 0 spiro atoms. The molecule has 58 heavy (non-hydrogen) atoms. The van der Waals surface area contributed by atoms with Gasteiger partial charge in [-0.05, 0) is 149 Å². The zero-order valence-electron chi connectivity index (χ0n) is 36.2. The number of hydrogen-bond acceptors (Lipinski definition) is 5. The summed E-state index contributed by atoms with van der Waals surface area (Å²) in [6.45, 7) is 25.1. The van der Waals surface area contributed by atoms with E-state index in [4.69, 9.17) is 5.73 Å². The maximum absolute atomic E-state index is 13.2. The first-order chi connectivity index (χ1) is 28.2. The lowest BCUT2D eigenvalue weighted by molar-refractivity contribution is 0.0999. The van der Waals surface area contributed by atoms with Crippen molar-refractivity contribution in [1.29, 1.82) is 0 Å². The first-order valence-electron chi connectivity index (χ1n) is 21.5. The van der Waals surface area contributed by atoms with Gasteiger partial charge < -0.3 is 25.3 Å². The number of allylic oxidation sites excluding steroid dienone is 2. The molecule has 6 nitrogen and oxygen atoms in total. The summed E-state index contributed by atoms with van der Waals surface area (Å²) in [7, 11) is 0. The first-order valence-corrected chi connectivity index (χ1v) is 21.5. The number of rotatable bonds is 20. The van der Waals surface area contributed by atoms with E-state index in [0.29, 0.717) is 5.56 Å². The third-order valence-corrected chi connectivity index (χ3v) is 11.5. The van der Waals surface area contributed by atoms with Crippen LogP contribution in [0.2, 0.25) is 0 Å². The van der Waals surface area contributed by atoms with Crippen molar-refractivity contribution >= 4 is 39.8 Å². The maximum Gasteiger partial charge on any atom is 0.249 e.